The fraction of sp³-hybridized carbons (Fsp3) is 0.0769. The quantitative estimate of drug-likeness (QED) is 0.480. The maximum atomic E-state index is 13.1. The van der Waals surface area contributed by atoms with Crippen molar-refractivity contribution in [2.45, 2.75) is 6.18 Å². The summed E-state index contributed by atoms with van der Waals surface area (Å²) in [6.07, 6.45) is -2.21. The summed E-state index contributed by atoms with van der Waals surface area (Å²) in [5, 5.41) is 14.5. The summed E-state index contributed by atoms with van der Waals surface area (Å²) in [5.41, 5.74) is -1.09. The lowest BCUT2D eigenvalue weighted by Gasteiger charge is -2.09. The molecule has 0 aromatic carbocycles. The van der Waals surface area contributed by atoms with Gasteiger partial charge in [0.25, 0.3) is 0 Å². The van der Waals surface area contributed by atoms with Crippen molar-refractivity contribution in [3.63, 3.8) is 0 Å². The van der Waals surface area contributed by atoms with Gasteiger partial charge < -0.3 is 10.1 Å². The van der Waals surface area contributed by atoms with Crippen molar-refractivity contribution in [1.82, 2.24) is 24.7 Å². The SMILES string of the molecule is O=[N+]([O-])c1nn(-c2cc(C(F)(F)F)nc(-c3ccccn3)n2)cc1Br. The first-order valence-corrected chi connectivity index (χ1v) is 7.32. The zero-order valence-electron chi connectivity index (χ0n) is 12.0. The van der Waals surface area contributed by atoms with Gasteiger partial charge in [0.2, 0.25) is 0 Å². The van der Waals surface area contributed by atoms with E-state index in [1.165, 1.54) is 12.3 Å². The molecule has 0 spiro atoms. The van der Waals surface area contributed by atoms with Crippen LogP contribution in [-0.4, -0.2) is 29.7 Å². The molecule has 12 heteroatoms. The number of hydrogen-bond acceptors (Lipinski definition) is 6. The highest BCUT2D eigenvalue weighted by molar-refractivity contribution is 9.10. The van der Waals surface area contributed by atoms with Crippen LogP contribution in [0.25, 0.3) is 17.3 Å². The van der Waals surface area contributed by atoms with E-state index in [0.29, 0.717) is 6.07 Å². The van der Waals surface area contributed by atoms with Crippen LogP contribution in [0.5, 0.6) is 0 Å². The Balaban J connectivity index is 2.19. The van der Waals surface area contributed by atoms with E-state index in [-0.39, 0.29) is 21.8 Å². The van der Waals surface area contributed by atoms with Crippen molar-refractivity contribution in [2.24, 2.45) is 0 Å². The molecule has 0 bridgehead atoms. The van der Waals surface area contributed by atoms with Gasteiger partial charge in [-0.3, -0.25) is 4.98 Å². The highest BCUT2D eigenvalue weighted by Gasteiger charge is 2.34. The molecule has 0 amide bonds. The van der Waals surface area contributed by atoms with Crippen LogP contribution in [0.4, 0.5) is 19.0 Å². The third-order valence-corrected chi connectivity index (χ3v) is 3.52. The maximum Gasteiger partial charge on any atom is 0.433 e. The predicted molar refractivity (Wildman–Crippen MR) is 81.7 cm³/mol. The summed E-state index contributed by atoms with van der Waals surface area (Å²) in [5.74, 6) is -1.11. The monoisotopic (exact) mass is 414 g/mol. The molecule has 0 fully saturated rings. The zero-order chi connectivity index (χ0) is 18.2. The maximum absolute atomic E-state index is 13.1. The lowest BCUT2D eigenvalue weighted by molar-refractivity contribution is -0.390. The van der Waals surface area contributed by atoms with Gasteiger partial charge in [-0.05, 0) is 33.0 Å². The number of rotatable bonds is 3. The van der Waals surface area contributed by atoms with Crippen LogP contribution in [0.3, 0.4) is 0 Å². The summed E-state index contributed by atoms with van der Waals surface area (Å²) < 4.78 is 40.3. The second kappa shape index (κ2) is 6.20. The zero-order valence-corrected chi connectivity index (χ0v) is 13.6. The largest absolute Gasteiger partial charge is 0.433 e. The lowest BCUT2D eigenvalue weighted by Crippen LogP contribution is -2.12. The Bertz CT molecular complexity index is 945. The molecule has 25 heavy (non-hydrogen) atoms. The number of alkyl halides is 3. The number of halogens is 4. The van der Waals surface area contributed by atoms with Gasteiger partial charge in [0.05, 0.1) is 11.3 Å². The van der Waals surface area contributed by atoms with E-state index in [2.05, 4.69) is 36.0 Å². The second-order valence-corrected chi connectivity index (χ2v) is 5.50. The minimum Gasteiger partial charge on any atom is -0.358 e. The van der Waals surface area contributed by atoms with Crippen molar-refractivity contribution >= 4 is 21.7 Å². The molecule has 0 saturated heterocycles. The molecule has 3 heterocycles. The first kappa shape index (κ1) is 17.0. The second-order valence-electron chi connectivity index (χ2n) is 4.65. The highest BCUT2D eigenvalue weighted by atomic mass is 79.9. The summed E-state index contributed by atoms with van der Waals surface area (Å²) >= 11 is 2.93. The van der Waals surface area contributed by atoms with Crippen molar-refractivity contribution in [1.29, 1.82) is 0 Å². The minimum absolute atomic E-state index is 0.00376. The standard InChI is InChI=1S/C13H6BrF3N6O2/c14-7-6-22(21-12(7)23(24)25)10-5-9(13(15,16)17)19-11(20-10)8-3-1-2-4-18-8/h1-6H. The molecule has 0 saturated carbocycles. The summed E-state index contributed by atoms with van der Waals surface area (Å²) in [6, 6.07) is 5.25. The third-order valence-electron chi connectivity index (χ3n) is 2.96. The molecular formula is C13H6BrF3N6O2. The molecule has 0 aliphatic carbocycles. The molecule has 3 rings (SSSR count). The van der Waals surface area contributed by atoms with Crippen molar-refractivity contribution in [2.75, 3.05) is 0 Å². The van der Waals surface area contributed by atoms with E-state index >= 15 is 0 Å². The van der Waals surface area contributed by atoms with Gasteiger partial charge in [0.1, 0.15) is 10.2 Å². The topological polar surface area (TPSA) is 99.6 Å². The first-order valence-electron chi connectivity index (χ1n) is 6.53. The Kier molecular flexibility index (Phi) is 4.20. The van der Waals surface area contributed by atoms with Crippen LogP contribution in [0.15, 0.2) is 41.1 Å². The van der Waals surface area contributed by atoms with Crippen molar-refractivity contribution < 1.29 is 18.1 Å². The van der Waals surface area contributed by atoms with Crippen LogP contribution < -0.4 is 0 Å². The van der Waals surface area contributed by atoms with Crippen LogP contribution in [0, 0.1) is 10.1 Å². The summed E-state index contributed by atoms with van der Waals surface area (Å²) in [6.45, 7) is 0. The number of pyridine rings is 1. The molecule has 8 nitrogen and oxygen atoms in total. The normalized spacial score (nSPS) is 11.5. The number of nitrogens with zero attached hydrogens (tertiary/aromatic N) is 6. The average Bonchev–Trinajstić information content (AvgIpc) is 2.97. The molecule has 0 aliphatic heterocycles. The van der Waals surface area contributed by atoms with E-state index in [1.807, 2.05) is 0 Å². The molecule has 0 atom stereocenters. The van der Waals surface area contributed by atoms with Crippen LogP contribution in [0.1, 0.15) is 5.69 Å². The summed E-state index contributed by atoms with van der Waals surface area (Å²) in [7, 11) is 0. The number of aromatic nitrogens is 5. The molecule has 0 aliphatic rings. The molecule has 128 valence electrons. The van der Waals surface area contributed by atoms with E-state index in [0.717, 1.165) is 10.9 Å². The van der Waals surface area contributed by atoms with Crippen LogP contribution in [0.2, 0.25) is 0 Å². The van der Waals surface area contributed by atoms with Gasteiger partial charge in [-0.2, -0.15) is 13.2 Å². The molecule has 0 radical (unpaired) electrons. The van der Waals surface area contributed by atoms with Crippen LogP contribution >= 0.6 is 15.9 Å². The van der Waals surface area contributed by atoms with E-state index in [4.69, 9.17) is 0 Å². The van der Waals surface area contributed by atoms with E-state index in [1.54, 1.807) is 12.1 Å². The van der Waals surface area contributed by atoms with E-state index < -0.39 is 22.6 Å². The predicted octanol–water partition coefficient (Wildman–Crippen LogP) is 3.41. The van der Waals surface area contributed by atoms with Gasteiger partial charge in [0.15, 0.2) is 17.3 Å². The fourth-order valence-corrected chi connectivity index (χ4v) is 2.31. The van der Waals surface area contributed by atoms with Gasteiger partial charge in [-0.25, -0.2) is 9.97 Å². The Morgan fingerprint density at radius 3 is 2.56 bits per heavy atom. The highest BCUT2D eigenvalue weighted by Crippen LogP contribution is 2.31. The Morgan fingerprint density at radius 2 is 2.00 bits per heavy atom. The molecule has 3 aromatic rings. The van der Waals surface area contributed by atoms with Crippen LogP contribution in [-0.2, 0) is 6.18 Å². The van der Waals surface area contributed by atoms with Crippen molar-refractivity contribution in [3.8, 4) is 17.3 Å². The lowest BCUT2D eigenvalue weighted by atomic mass is 10.3. The number of hydrogen-bond donors (Lipinski definition) is 0. The Morgan fingerprint density at radius 1 is 1.24 bits per heavy atom. The van der Waals surface area contributed by atoms with Gasteiger partial charge >= 0.3 is 12.0 Å². The molecular weight excluding hydrogens is 409 g/mol. The third kappa shape index (κ3) is 3.47. The van der Waals surface area contributed by atoms with Crippen molar-refractivity contribution in [3.05, 3.63) is 56.9 Å². The van der Waals surface area contributed by atoms with E-state index in [9.17, 15) is 23.3 Å². The number of nitro groups is 1. The fourth-order valence-electron chi connectivity index (χ4n) is 1.89. The molecule has 3 aromatic heterocycles. The summed E-state index contributed by atoms with van der Waals surface area (Å²) in [4.78, 5) is 21.5. The Hall–Kier alpha value is -2.89. The first-order chi connectivity index (χ1) is 11.8. The molecule has 0 unspecified atom stereocenters. The Labute approximate surface area is 145 Å². The smallest absolute Gasteiger partial charge is 0.358 e. The molecule has 0 N–H and O–H groups in total. The van der Waals surface area contributed by atoms with Gasteiger partial charge in [-0.15, -0.1) is 4.68 Å². The van der Waals surface area contributed by atoms with Gasteiger partial charge in [0, 0.05) is 12.3 Å². The average molecular weight is 415 g/mol. The minimum atomic E-state index is -4.74. The van der Waals surface area contributed by atoms with Gasteiger partial charge in [-0.1, -0.05) is 6.07 Å².